The lowest BCUT2D eigenvalue weighted by molar-refractivity contribution is -0.117. The number of benzene rings is 1. The summed E-state index contributed by atoms with van der Waals surface area (Å²) in [6, 6.07) is 5.67. The van der Waals surface area contributed by atoms with Gasteiger partial charge in [-0.2, -0.15) is 0 Å². The highest BCUT2D eigenvalue weighted by atomic mass is 35.5. The average Bonchev–Trinajstić information content (AvgIpc) is 2.60. The molecular weight excluding hydrogens is 222 g/mol. The van der Waals surface area contributed by atoms with Crippen LogP contribution in [0.1, 0.15) is 12.0 Å². The second kappa shape index (κ2) is 4.19. The number of carbonyl (C=O) groups excluding carboxylic acids is 1. The number of nitrogens with zero attached hydrogens (tertiary/aromatic N) is 1. The number of halogens is 1. The van der Waals surface area contributed by atoms with Crippen molar-refractivity contribution in [3.8, 4) is 12.3 Å². The minimum atomic E-state index is 0.00451. The largest absolute Gasteiger partial charge is 0.310 e. The van der Waals surface area contributed by atoms with Gasteiger partial charge in [-0.1, -0.05) is 17.7 Å². The molecule has 0 bridgehead atoms. The lowest BCUT2D eigenvalue weighted by Gasteiger charge is -2.17. The van der Waals surface area contributed by atoms with Crippen LogP contribution in [0.15, 0.2) is 18.2 Å². The van der Waals surface area contributed by atoms with Crippen molar-refractivity contribution in [2.45, 2.75) is 13.3 Å². The standard InChI is InChI=1S/C13H12ClNO/c1-3-10-7-13(16)15(8-10)12-5-4-9(2)6-11(12)14/h1,4-6,10H,7-8H2,2H3. The first kappa shape index (κ1) is 11.0. The highest BCUT2D eigenvalue weighted by Crippen LogP contribution is 2.31. The number of terminal acetylenes is 1. The first-order valence-corrected chi connectivity index (χ1v) is 5.52. The van der Waals surface area contributed by atoms with Gasteiger partial charge in [-0.15, -0.1) is 12.3 Å². The summed E-state index contributed by atoms with van der Waals surface area (Å²) in [5.74, 6) is 2.67. The minimum Gasteiger partial charge on any atom is -0.310 e. The van der Waals surface area contributed by atoms with Crippen molar-refractivity contribution in [1.82, 2.24) is 0 Å². The molecular formula is C13H12ClNO. The Morgan fingerprint density at radius 2 is 2.31 bits per heavy atom. The van der Waals surface area contributed by atoms with Gasteiger partial charge in [0.05, 0.1) is 10.7 Å². The van der Waals surface area contributed by atoms with Crippen LogP contribution in [0, 0.1) is 25.2 Å². The van der Waals surface area contributed by atoms with Crippen LogP contribution in [0.3, 0.4) is 0 Å². The van der Waals surface area contributed by atoms with E-state index in [1.165, 1.54) is 0 Å². The van der Waals surface area contributed by atoms with Gasteiger partial charge < -0.3 is 4.90 Å². The van der Waals surface area contributed by atoms with Crippen molar-refractivity contribution in [2.24, 2.45) is 5.92 Å². The van der Waals surface area contributed by atoms with Crippen LogP contribution in [-0.2, 0) is 4.79 Å². The molecule has 2 nitrogen and oxygen atoms in total. The molecule has 1 unspecified atom stereocenters. The van der Waals surface area contributed by atoms with Gasteiger partial charge in [-0.3, -0.25) is 4.79 Å². The van der Waals surface area contributed by atoms with Crippen molar-refractivity contribution < 1.29 is 4.79 Å². The van der Waals surface area contributed by atoms with Crippen molar-refractivity contribution in [3.05, 3.63) is 28.8 Å². The van der Waals surface area contributed by atoms with Gasteiger partial charge in [0, 0.05) is 18.9 Å². The Balaban J connectivity index is 2.32. The molecule has 1 heterocycles. The summed E-state index contributed by atoms with van der Waals surface area (Å²) >= 11 is 6.12. The molecule has 1 saturated heterocycles. The Morgan fingerprint density at radius 1 is 1.56 bits per heavy atom. The predicted molar refractivity (Wildman–Crippen MR) is 65.5 cm³/mol. The third-order valence-electron chi connectivity index (χ3n) is 2.75. The zero-order chi connectivity index (χ0) is 11.7. The maximum atomic E-state index is 11.8. The monoisotopic (exact) mass is 233 g/mol. The van der Waals surface area contributed by atoms with Crippen LogP contribution in [0.5, 0.6) is 0 Å². The topological polar surface area (TPSA) is 20.3 Å². The highest BCUT2D eigenvalue weighted by molar-refractivity contribution is 6.34. The number of amides is 1. The molecule has 3 heteroatoms. The van der Waals surface area contributed by atoms with Gasteiger partial charge in [-0.25, -0.2) is 0 Å². The van der Waals surface area contributed by atoms with Crippen molar-refractivity contribution in [2.75, 3.05) is 11.4 Å². The van der Waals surface area contributed by atoms with Crippen molar-refractivity contribution >= 4 is 23.2 Å². The fourth-order valence-corrected chi connectivity index (χ4v) is 2.22. The van der Waals surface area contributed by atoms with Crippen LogP contribution in [0.25, 0.3) is 0 Å². The first-order valence-electron chi connectivity index (χ1n) is 5.14. The molecule has 82 valence electrons. The number of hydrogen-bond donors (Lipinski definition) is 0. The van der Waals surface area contributed by atoms with E-state index in [1.54, 1.807) is 4.90 Å². The fourth-order valence-electron chi connectivity index (χ4n) is 1.88. The molecule has 0 saturated carbocycles. The van der Waals surface area contributed by atoms with E-state index in [2.05, 4.69) is 5.92 Å². The zero-order valence-corrected chi connectivity index (χ0v) is 9.79. The summed E-state index contributed by atoms with van der Waals surface area (Å²) in [6.45, 7) is 2.53. The molecule has 1 aromatic carbocycles. The summed E-state index contributed by atoms with van der Waals surface area (Å²) in [4.78, 5) is 13.4. The van der Waals surface area contributed by atoms with E-state index >= 15 is 0 Å². The lowest BCUT2D eigenvalue weighted by atomic mass is 10.1. The maximum absolute atomic E-state index is 11.8. The second-order valence-corrected chi connectivity index (χ2v) is 4.43. The lowest BCUT2D eigenvalue weighted by Crippen LogP contribution is -2.24. The van der Waals surface area contributed by atoms with E-state index in [0.717, 1.165) is 11.3 Å². The summed E-state index contributed by atoms with van der Waals surface area (Å²) < 4.78 is 0. The molecule has 16 heavy (non-hydrogen) atoms. The molecule has 1 aliphatic heterocycles. The van der Waals surface area contributed by atoms with Gasteiger partial charge in [0.15, 0.2) is 0 Å². The summed E-state index contributed by atoms with van der Waals surface area (Å²) in [6.07, 6.45) is 5.75. The van der Waals surface area contributed by atoms with Gasteiger partial charge in [0.2, 0.25) is 5.91 Å². The Kier molecular flexibility index (Phi) is 2.89. The van der Waals surface area contributed by atoms with E-state index in [9.17, 15) is 4.79 Å². The fraction of sp³-hybridized carbons (Fsp3) is 0.308. The second-order valence-electron chi connectivity index (χ2n) is 4.03. The summed E-state index contributed by atoms with van der Waals surface area (Å²) in [5, 5.41) is 0.603. The van der Waals surface area contributed by atoms with Gasteiger partial charge in [0.25, 0.3) is 0 Å². The quantitative estimate of drug-likeness (QED) is 0.683. The van der Waals surface area contributed by atoms with Crippen LogP contribution in [0.2, 0.25) is 5.02 Å². The van der Waals surface area contributed by atoms with Crippen molar-refractivity contribution in [3.63, 3.8) is 0 Å². The molecule has 0 N–H and O–H groups in total. The number of aryl methyl sites for hydroxylation is 1. The summed E-state index contributed by atoms with van der Waals surface area (Å²) in [7, 11) is 0. The molecule has 0 aromatic heterocycles. The van der Waals surface area contributed by atoms with E-state index in [-0.39, 0.29) is 11.8 Å². The number of carbonyl (C=O) groups is 1. The molecule has 0 spiro atoms. The van der Waals surface area contributed by atoms with Gasteiger partial charge in [0.1, 0.15) is 0 Å². The van der Waals surface area contributed by atoms with E-state index in [4.69, 9.17) is 18.0 Å². The van der Waals surface area contributed by atoms with Gasteiger partial charge in [-0.05, 0) is 24.6 Å². The SMILES string of the molecule is C#CC1CC(=O)N(c2ccc(C)cc2Cl)C1. The van der Waals surface area contributed by atoms with E-state index in [1.807, 2.05) is 25.1 Å². The van der Waals surface area contributed by atoms with E-state index < -0.39 is 0 Å². The number of rotatable bonds is 1. The Bertz CT molecular complexity index is 475. The van der Waals surface area contributed by atoms with E-state index in [0.29, 0.717) is 18.0 Å². The molecule has 0 radical (unpaired) electrons. The maximum Gasteiger partial charge on any atom is 0.228 e. The van der Waals surface area contributed by atoms with Crippen LogP contribution in [0.4, 0.5) is 5.69 Å². The smallest absolute Gasteiger partial charge is 0.228 e. The zero-order valence-electron chi connectivity index (χ0n) is 9.03. The predicted octanol–water partition coefficient (Wildman–Crippen LogP) is 2.63. The Labute approximate surface area is 100 Å². The van der Waals surface area contributed by atoms with Gasteiger partial charge >= 0.3 is 0 Å². The molecule has 1 amide bonds. The molecule has 1 aliphatic rings. The third-order valence-corrected chi connectivity index (χ3v) is 3.06. The molecule has 1 atom stereocenters. The molecule has 1 fully saturated rings. The average molecular weight is 234 g/mol. The van der Waals surface area contributed by atoms with Crippen LogP contribution >= 0.6 is 11.6 Å². The first-order chi connectivity index (χ1) is 7.61. The highest BCUT2D eigenvalue weighted by Gasteiger charge is 2.30. The molecule has 1 aromatic rings. The number of anilines is 1. The Morgan fingerprint density at radius 3 is 2.88 bits per heavy atom. The summed E-state index contributed by atoms with van der Waals surface area (Å²) in [5.41, 5.74) is 1.84. The molecule has 0 aliphatic carbocycles. The normalized spacial score (nSPS) is 19.9. The van der Waals surface area contributed by atoms with Crippen molar-refractivity contribution in [1.29, 1.82) is 0 Å². The molecule has 2 rings (SSSR count). The van der Waals surface area contributed by atoms with Crippen LogP contribution < -0.4 is 4.90 Å². The van der Waals surface area contributed by atoms with Crippen LogP contribution in [-0.4, -0.2) is 12.5 Å². The number of hydrogen-bond acceptors (Lipinski definition) is 1. The Hall–Kier alpha value is -1.46. The third kappa shape index (κ3) is 1.91. The minimum absolute atomic E-state index is 0.00451.